The summed E-state index contributed by atoms with van der Waals surface area (Å²) in [5.74, 6) is 0. The third-order valence-corrected chi connectivity index (χ3v) is 8.43. The molecular weight excluding hydrogens is 548 g/mol. The SMILES string of the molecule is CN(C/C=C/c1ccc(Cl)cc1)Cc1ccccc1N(CCN)S(=O)(=O)c1cc(Cl)c(Cl)cc1Cl. The van der Waals surface area contributed by atoms with Gasteiger partial charge in [0.1, 0.15) is 4.90 Å². The van der Waals surface area contributed by atoms with Crippen molar-refractivity contribution >= 4 is 68.2 Å². The van der Waals surface area contributed by atoms with E-state index in [1.54, 1.807) is 12.1 Å². The highest BCUT2D eigenvalue weighted by Crippen LogP contribution is 2.35. The van der Waals surface area contributed by atoms with E-state index in [0.717, 1.165) is 11.1 Å². The average molecular weight is 573 g/mol. The second-order valence-electron chi connectivity index (χ2n) is 7.84. The maximum Gasteiger partial charge on any atom is 0.265 e. The topological polar surface area (TPSA) is 66.6 Å². The molecule has 2 N–H and O–H groups in total. The van der Waals surface area contributed by atoms with E-state index in [4.69, 9.17) is 52.1 Å². The van der Waals surface area contributed by atoms with Gasteiger partial charge in [-0.05, 0) is 48.5 Å². The summed E-state index contributed by atoms with van der Waals surface area (Å²) in [6, 6.07) is 17.5. The molecule has 3 aromatic rings. The van der Waals surface area contributed by atoms with E-state index >= 15 is 0 Å². The summed E-state index contributed by atoms with van der Waals surface area (Å²) in [6.45, 7) is 1.34. The molecule has 0 radical (unpaired) electrons. The van der Waals surface area contributed by atoms with Gasteiger partial charge in [-0.2, -0.15) is 0 Å². The summed E-state index contributed by atoms with van der Waals surface area (Å²) in [7, 11) is -2.11. The maximum atomic E-state index is 13.6. The van der Waals surface area contributed by atoms with E-state index in [2.05, 4.69) is 4.90 Å². The van der Waals surface area contributed by atoms with Gasteiger partial charge >= 0.3 is 0 Å². The monoisotopic (exact) mass is 571 g/mol. The molecule has 0 saturated carbocycles. The molecule has 0 bridgehead atoms. The lowest BCUT2D eigenvalue weighted by atomic mass is 10.1. The van der Waals surface area contributed by atoms with E-state index in [-0.39, 0.29) is 33.1 Å². The molecule has 5 nitrogen and oxygen atoms in total. The molecule has 0 fully saturated rings. The quantitative estimate of drug-likeness (QED) is 0.278. The van der Waals surface area contributed by atoms with Gasteiger partial charge < -0.3 is 5.73 Å². The van der Waals surface area contributed by atoms with Gasteiger partial charge in [-0.15, -0.1) is 0 Å². The van der Waals surface area contributed by atoms with E-state index in [1.807, 2.05) is 55.6 Å². The summed E-state index contributed by atoms with van der Waals surface area (Å²) in [5, 5.41) is 0.955. The number of rotatable bonds is 10. The second kappa shape index (κ2) is 12.5. The standard InChI is InChI=1S/C25H25Cl4N3O2S/c1-31(13-4-5-18-8-10-20(26)11-9-18)17-19-6-2-3-7-24(19)32(14-12-30)35(33,34)25-16-22(28)21(27)15-23(25)29/h2-11,15-16H,12-14,17,30H2,1H3/b5-4+. The third kappa shape index (κ3) is 7.14. The molecule has 0 spiro atoms. The summed E-state index contributed by atoms with van der Waals surface area (Å²) in [5.41, 5.74) is 8.19. The van der Waals surface area contributed by atoms with Crippen LogP contribution >= 0.6 is 46.4 Å². The Labute approximate surface area is 226 Å². The van der Waals surface area contributed by atoms with Gasteiger partial charge in [0.15, 0.2) is 0 Å². The fourth-order valence-electron chi connectivity index (χ4n) is 3.49. The first kappa shape index (κ1) is 27.8. The first-order chi connectivity index (χ1) is 16.6. The van der Waals surface area contributed by atoms with Gasteiger partial charge in [0, 0.05) is 31.2 Å². The normalized spacial score (nSPS) is 12.0. The minimum atomic E-state index is -4.07. The van der Waals surface area contributed by atoms with Crippen molar-refractivity contribution in [3.8, 4) is 0 Å². The van der Waals surface area contributed by atoms with Crippen LogP contribution in [0.5, 0.6) is 0 Å². The Morgan fingerprint density at radius 1 is 0.914 bits per heavy atom. The highest BCUT2D eigenvalue weighted by Gasteiger charge is 2.29. The third-order valence-electron chi connectivity index (χ3n) is 5.17. The smallest absolute Gasteiger partial charge is 0.265 e. The van der Waals surface area contributed by atoms with Gasteiger partial charge in [-0.25, -0.2) is 8.42 Å². The molecular formula is C25H25Cl4N3O2S. The van der Waals surface area contributed by atoms with Crippen LogP contribution in [0.15, 0.2) is 71.6 Å². The lowest BCUT2D eigenvalue weighted by Gasteiger charge is -2.28. The predicted octanol–water partition coefficient (Wildman–Crippen LogP) is 6.60. The van der Waals surface area contributed by atoms with Crippen LogP contribution in [-0.4, -0.2) is 40.0 Å². The Hall–Kier alpha value is -1.77. The highest BCUT2D eigenvalue weighted by molar-refractivity contribution is 7.93. The Morgan fingerprint density at radius 2 is 1.57 bits per heavy atom. The number of hydrogen-bond donors (Lipinski definition) is 1. The minimum Gasteiger partial charge on any atom is -0.329 e. The molecule has 0 aliphatic carbocycles. The molecule has 186 valence electrons. The number of halogens is 4. The van der Waals surface area contributed by atoms with E-state index in [9.17, 15) is 8.42 Å². The summed E-state index contributed by atoms with van der Waals surface area (Å²) < 4.78 is 28.6. The molecule has 0 aliphatic heterocycles. The maximum absolute atomic E-state index is 13.6. The number of nitrogens with two attached hydrogens (primary N) is 1. The first-order valence-electron chi connectivity index (χ1n) is 10.7. The zero-order valence-electron chi connectivity index (χ0n) is 19.0. The fourth-order valence-corrected chi connectivity index (χ4v) is 6.12. The van der Waals surface area contributed by atoms with Crippen molar-refractivity contribution in [2.24, 2.45) is 5.73 Å². The molecule has 10 heteroatoms. The summed E-state index contributed by atoms with van der Waals surface area (Å²) >= 11 is 24.3. The number of para-hydroxylation sites is 1. The molecule has 3 rings (SSSR count). The van der Waals surface area contributed by atoms with Crippen molar-refractivity contribution in [1.29, 1.82) is 0 Å². The first-order valence-corrected chi connectivity index (χ1v) is 13.6. The number of anilines is 1. The van der Waals surface area contributed by atoms with Crippen LogP contribution in [0.3, 0.4) is 0 Å². The number of nitrogens with zero attached hydrogens (tertiary/aromatic N) is 2. The molecule has 0 heterocycles. The van der Waals surface area contributed by atoms with Gasteiger partial charge in [0.05, 0.1) is 20.8 Å². The molecule has 0 aromatic heterocycles. The second-order valence-corrected chi connectivity index (χ2v) is 11.3. The zero-order valence-corrected chi connectivity index (χ0v) is 22.8. The van der Waals surface area contributed by atoms with Crippen LogP contribution < -0.4 is 10.0 Å². The van der Waals surface area contributed by atoms with Crippen molar-refractivity contribution in [3.63, 3.8) is 0 Å². The van der Waals surface area contributed by atoms with Gasteiger partial charge in [-0.1, -0.05) is 88.9 Å². The van der Waals surface area contributed by atoms with Gasteiger partial charge in [0.2, 0.25) is 0 Å². The lowest BCUT2D eigenvalue weighted by molar-refractivity contribution is 0.364. The van der Waals surface area contributed by atoms with Gasteiger partial charge in [-0.3, -0.25) is 9.21 Å². The Morgan fingerprint density at radius 3 is 2.26 bits per heavy atom. The molecule has 3 aromatic carbocycles. The lowest BCUT2D eigenvalue weighted by Crippen LogP contribution is -2.36. The van der Waals surface area contributed by atoms with Crippen LogP contribution in [0.1, 0.15) is 11.1 Å². The van der Waals surface area contributed by atoms with Crippen molar-refractivity contribution in [2.45, 2.75) is 11.4 Å². The van der Waals surface area contributed by atoms with Crippen LogP contribution in [0, 0.1) is 0 Å². The van der Waals surface area contributed by atoms with Gasteiger partial charge in [0.25, 0.3) is 10.0 Å². The molecule has 0 saturated heterocycles. The van der Waals surface area contributed by atoms with Crippen LogP contribution in [0.2, 0.25) is 20.1 Å². The van der Waals surface area contributed by atoms with E-state index in [0.29, 0.717) is 23.8 Å². The summed E-state index contributed by atoms with van der Waals surface area (Å²) in [4.78, 5) is 1.95. The molecule has 35 heavy (non-hydrogen) atoms. The van der Waals surface area contributed by atoms with Crippen molar-refractivity contribution < 1.29 is 8.42 Å². The zero-order chi connectivity index (χ0) is 25.6. The average Bonchev–Trinajstić information content (AvgIpc) is 2.81. The number of likely N-dealkylation sites (N-methyl/N-ethyl adjacent to an activating group) is 1. The van der Waals surface area contributed by atoms with Crippen molar-refractivity contribution in [1.82, 2.24) is 4.90 Å². The minimum absolute atomic E-state index is 0.0108. The highest BCUT2D eigenvalue weighted by atomic mass is 35.5. The molecule has 0 unspecified atom stereocenters. The number of hydrogen-bond acceptors (Lipinski definition) is 4. The molecule has 0 atom stereocenters. The van der Waals surface area contributed by atoms with Crippen LogP contribution in [-0.2, 0) is 16.6 Å². The van der Waals surface area contributed by atoms with E-state index in [1.165, 1.54) is 16.4 Å². The predicted molar refractivity (Wildman–Crippen MR) is 148 cm³/mol. The van der Waals surface area contributed by atoms with Crippen molar-refractivity contribution in [3.05, 3.63) is 98.0 Å². The summed E-state index contributed by atoms with van der Waals surface area (Å²) in [6.07, 6.45) is 4.05. The fraction of sp³-hybridized carbons (Fsp3) is 0.200. The van der Waals surface area contributed by atoms with E-state index < -0.39 is 10.0 Å². The number of sulfonamides is 1. The number of benzene rings is 3. The van der Waals surface area contributed by atoms with Crippen molar-refractivity contribution in [2.75, 3.05) is 31.0 Å². The van der Waals surface area contributed by atoms with Crippen LogP contribution in [0.4, 0.5) is 5.69 Å². The Kier molecular flexibility index (Phi) is 9.90. The molecule has 0 amide bonds. The Balaban J connectivity index is 1.87. The van der Waals surface area contributed by atoms with Crippen LogP contribution in [0.25, 0.3) is 6.08 Å². The molecule has 0 aliphatic rings. The Bertz CT molecular complexity index is 1300. The largest absolute Gasteiger partial charge is 0.329 e.